The summed E-state index contributed by atoms with van der Waals surface area (Å²) in [6.07, 6.45) is 3.01. The average Bonchev–Trinajstić information content (AvgIpc) is 2.52. The standard InChI is InChI=1S/C10H13ClN2O/c1-7-9(3-5-14-7)13-8-2-4-12-10(11)6-8/h2,4,6-7,9H,3,5H2,1H3,(H,12,13). The maximum Gasteiger partial charge on any atom is 0.131 e. The Balaban J connectivity index is 2.03. The van der Waals surface area contributed by atoms with Crippen molar-refractivity contribution in [2.75, 3.05) is 11.9 Å². The van der Waals surface area contributed by atoms with E-state index in [0.717, 1.165) is 18.7 Å². The maximum atomic E-state index is 5.78. The number of aromatic nitrogens is 1. The molecule has 2 rings (SSSR count). The second-order valence-electron chi connectivity index (χ2n) is 3.48. The van der Waals surface area contributed by atoms with E-state index in [0.29, 0.717) is 11.2 Å². The Morgan fingerprint density at radius 3 is 3.14 bits per heavy atom. The maximum absolute atomic E-state index is 5.78. The van der Waals surface area contributed by atoms with Gasteiger partial charge in [-0.2, -0.15) is 0 Å². The van der Waals surface area contributed by atoms with Crippen LogP contribution in [0.25, 0.3) is 0 Å². The Morgan fingerprint density at radius 2 is 2.50 bits per heavy atom. The van der Waals surface area contributed by atoms with Crippen molar-refractivity contribution in [2.45, 2.75) is 25.5 Å². The lowest BCUT2D eigenvalue weighted by molar-refractivity contribution is 0.121. The molecule has 2 atom stereocenters. The van der Waals surface area contributed by atoms with Gasteiger partial charge in [0.05, 0.1) is 12.1 Å². The molecule has 1 aromatic heterocycles. The largest absolute Gasteiger partial charge is 0.379 e. The van der Waals surface area contributed by atoms with Crippen LogP contribution in [0, 0.1) is 0 Å². The monoisotopic (exact) mass is 212 g/mol. The molecule has 0 aromatic carbocycles. The van der Waals surface area contributed by atoms with Crippen LogP contribution in [0.4, 0.5) is 5.69 Å². The molecule has 1 aliphatic heterocycles. The van der Waals surface area contributed by atoms with Crippen LogP contribution in [0.15, 0.2) is 18.3 Å². The van der Waals surface area contributed by atoms with Crippen molar-refractivity contribution >= 4 is 17.3 Å². The van der Waals surface area contributed by atoms with Gasteiger partial charge in [0.15, 0.2) is 0 Å². The predicted molar refractivity (Wildman–Crippen MR) is 56.7 cm³/mol. The molecule has 0 aliphatic carbocycles. The van der Waals surface area contributed by atoms with Crippen molar-refractivity contribution in [1.29, 1.82) is 0 Å². The lowest BCUT2D eigenvalue weighted by Gasteiger charge is -2.17. The van der Waals surface area contributed by atoms with E-state index < -0.39 is 0 Å². The Hall–Kier alpha value is -0.800. The zero-order valence-electron chi connectivity index (χ0n) is 8.03. The number of ether oxygens (including phenoxy) is 1. The van der Waals surface area contributed by atoms with Gasteiger partial charge in [-0.15, -0.1) is 0 Å². The Morgan fingerprint density at radius 1 is 1.64 bits per heavy atom. The third-order valence-corrected chi connectivity index (χ3v) is 2.66. The summed E-state index contributed by atoms with van der Waals surface area (Å²) in [5.41, 5.74) is 1.01. The molecule has 0 spiro atoms. The van der Waals surface area contributed by atoms with E-state index in [1.54, 1.807) is 6.20 Å². The first-order chi connectivity index (χ1) is 6.75. The summed E-state index contributed by atoms with van der Waals surface area (Å²) in [5.74, 6) is 0. The Labute approximate surface area is 88.4 Å². The number of nitrogens with one attached hydrogen (secondary N) is 1. The van der Waals surface area contributed by atoms with Crippen LogP contribution in [0.2, 0.25) is 5.15 Å². The normalized spacial score (nSPS) is 26.4. The SMILES string of the molecule is CC1OCCC1Nc1ccnc(Cl)c1. The molecule has 3 nitrogen and oxygen atoms in total. The van der Waals surface area contributed by atoms with Crippen molar-refractivity contribution in [1.82, 2.24) is 4.98 Å². The summed E-state index contributed by atoms with van der Waals surface area (Å²) in [6.45, 7) is 2.91. The number of halogens is 1. The number of rotatable bonds is 2. The van der Waals surface area contributed by atoms with Crippen molar-refractivity contribution in [3.8, 4) is 0 Å². The molecule has 1 N–H and O–H groups in total. The fourth-order valence-electron chi connectivity index (χ4n) is 1.63. The van der Waals surface area contributed by atoms with E-state index in [-0.39, 0.29) is 6.10 Å². The number of pyridine rings is 1. The molecule has 76 valence electrons. The van der Waals surface area contributed by atoms with Crippen LogP contribution in [-0.2, 0) is 4.74 Å². The molecule has 14 heavy (non-hydrogen) atoms. The van der Waals surface area contributed by atoms with Crippen LogP contribution >= 0.6 is 11.6 Å². The van der Waals surface area contributed by atoms with E-state index in [1.165, 1.54) is 0 Å². The highest BCUT2D eigenvalue weighted by atomic mass is 35.5. The van der Waals surface area contributed by atoms with Crippen molar-refractivity contribution < 1.29 is 4.74 Å². The second kappa shape index (κ2) is 4.15. The molecule has 0 bridgehead atoms. The van der Waals surface area contributed by atoms with Gasteiger partial charge >= 0.3 is 0 Å². The quantitative estimate of drug-likeness (QED) is 0.765. The summed E-state index contributed by atoms with van der Waals surface area (Å²) >= 11 is 5.78. The Kier molecular flexibility index (Phi) is 2.89. The van der Waals surface area contributed by atoms with E-state index in [1.807, 2.05) is 12.1 Å². The topological polar surface area (TPSA) is 34.1 Å². The number of hydrogen-bond acceptors (Lipinski definition) is 3. The minimum absolute atomic E-state index is 0.266. The number of hydrogen-bond donors (Lipinski definition) is 1. The fourth-order valence-corrected chi connectivity index (χ4v) is 1.80. The molecule has 0 saturated carbocycles. The molecule has 1 aliphatic rings. The van der Waals surface area contributed by atoms with E-state index in [9.17, 15) is 0 Å². The van der Waals surface area contributed by atoms with Gasteiger partial charge in [-0.05, 0) is 25.5 Å². The van der Waals surface area contributed by atoms with Gasteiger partial charge in [-0.3, -0.25) is 0 Å². The molecule has 0 radical (unpaired) electrons. The van der Waals surface area contributed by atoms with E-state index in [4.69, 9.17) is 16.3 Å². The van der Waals surface area contributed by atoms with Crippen LogP contribution in [0.1, 0.15) is 13.3 Å². The zero-order chi connectivity index (χ0) is 9.97. The molecule has 1 aromatic rings. The van der Waals surface area contributed by atoms with Crippen molar-refractivity contribution in [3.63, 3.8) is 0 Å². The summed E-state index contributed by atoms with van der Waals surface area (Å²) in [7, 11) is 0. The highest BCUT2D eigenvalue weighted by Crippen LogP contribution is 2.19. The lowest BCUT2D eigenvalue weighted by Crippen LogP contribution is -2.26. The third-order valence-electron chi connectivity index (χ3n) is 2.45. The first-order valence-electron chi connectivity index (χ1n) is 4.75. The van der Waals surface area contributed by atoms with E-state index >= 15 is 0 Å². The van der Waals surface area contributed by atoms with Gasteiger partial charge in [-0.25, -0.2) is 4.98 Å². The Bertz CT molecular complexity index is 319. The fraction of sp³-hybridized carbons (Fsp3) is 0.500. The molecule has 0 amide bonds. The molecule has 2 heterocycles. The smallest absolute Gasteiger partial charge is 0.131 e. The third kappa shape index (κ3) is 2.16. The molecule has 1 saturated heterocycles. The van der Waals surface area contributed by atoms with Gasteiger partial charge in [0.2, 0.25) is 0 Å². The second-order valence-corrected chi connectivity index (χ2v) is 3.87. The predicted octanol–water partition coefficient (Wildman–Crippen LogP) is 2.32. The molecule has 4 heteroatoms. The molecular weight excluding hydrogens is 200 g/mol. The van der Waals surface area contributed by atoms with Gasteiger partial charge in [-0.1, -0.05) is 11.6 Å². The highest BCUT2D eigenvalue weighted by Gasteiger charge is 2.23. The summed E-state index contributed by atoms with van der Waals surface area (Å²) in [6, 6.07) is 4.12. The summed E-state index contributed by atoms with van der Waals surface area (Å²) < 4.78 is 5.46. The van der Waals surface area contributed by atoms with Crippen molar-refractivity contribution in [2.24, 2.45) is 0 Å². The molecule has 1 fully saturated rings. The highest BCUT2D eigenvalue weighted by molar-refractivity contribution is 6.29. The van der Waals surface area contributed by atoms with Gasteiger partial charge < -0.3 is 10.1 Å². The van der Waals surface area contributed by atoms with Crippen LogP contribution in [-0.4, -0.2) is 23.7 Å². The van der Waals surface area contributed by atoms with Crippen LogP contribution in [0.5, 0.6) is 0 Å². The first-order valence-corrected chi connectivity index (χ1v) is 5.13. The first kappa shape index (κ1) is 9.74. The summed E-state index contributed by atoms with van der Waals surface area (Å²) in [4.78, 5) is 3.93. The number of anilines is 1. The minimum Gasteiger partial charge on any atom is -0.379 e. The van der Waals surface area contributed by atoms with Crippen LogP contribution in [0.3, 0.4) is 0 Å². The van der Waals surface area contributed by atoms with Crippen LogP contribution < -0.4 is 5.32 Å². The van der Waals surface area contributed by atoms with Crippen molar-refractivity contribution in [3.05, 3.63) is 23.5 Å². The molecular formula is C10H13ClN2O. The summed E-state index contributed by atoms with van der Waals surface area (Å²) in [5, 5.41) is 3.90. The number of nitrogens with zero attached hydrogens (tertiary/aromatic N) is 1. The van der Waals surface area contributed by atoms with Gasteiger partial charge in [0.1, 0.15) is 5.15 Å². The average molecular weight is 213 g/mol. The molecule has 2 unspecified atom stereocenters. The minimum atomic E-state index is 0.266. The lowest BCUT2D eigenvalue weighted by atomic mass is 10.1. The van der Waals surface area contributed by atoms with Gasteiger partial charge in [0, 0.05) is 18.5 Å². The zero-order valence-corrected chi connectivity index (χ0v) is 8.79. The van der Waals surface area contributed by atoms with Gasteiger partial charge in [0.25, 0.3) is 0 Å². The van der Waals surface area contributed by atoms with E-state index in [2.05, 4.69) is 17.2 Å².